The minimum Gasteiger partial charge on any atom is -0.368 e. The third-order valence-electron chi connectivity index (χ3n) is 7.71. The fourth-order valence-electron chi connectivity index (χ4n) is 5.02. The van der Waals surface area contributed by atoms with Crippen LogP contribution in [0.25, 0.3) is 0 Å². The van der Waals surface area contributed by atoms with E-state index < -0.39 is 18.0 Å². The number of primary amides is 1. The number of carbonyl (C=O) groups is 4. The van der Waals surface area contributed by atoms with Gasteiger partial charge in [-0.1, -0.05) is 64.2 Å². The molecule has 11 heteroatoms. The highest BCUT2D eigenvalue weighted by Gasteiger charge is 2.20. The molecule has 11 nitrogen and oxygen atoms in total. The van der Waals surface area contributed by atoms with Gasteiger partial charge in [0.1, 0.15) is 12.1 Å². The summed E-state index contributed by atoms with van der Waals surface area (Å²) in [6, 6.07) is -1.16. The Morgan fingerprint density at radius 1 is 0.465 bits per heavy atom. The Kier molecular flexibility index (Phi) is 28.3. The predicted octanol–water partition coefficient (Wildman–Crippen LogP) is 3.02. The fourth-order valence-corrected chi connectivity index (χ4v) is 5.02. The third-order valence-corrected chi connectivity index (χ3v) is 7.71. The van der Waals surface area contributed by atoms with Crippen molar-refractivity contribution in [2.45, 2.75) is 153 Å². The van der Waals surface area contributed by atoms with Crippen LogP contribution in [0, 0.1) is 0 Å². The number of hydrogen-bond acceptors (Lipinski definition) is 7. The minimum atomic E-state index is -0.636. The van der Waals surface area contributed by atoms with Crippen molar-refractivity contribution in [3.63, 3.8) is 0 Å². The van der Waals surface area contributed by atoms with Crippen LogP contribution in [-0.4, -0.2) is 61.9 Å². The molecular weight excluding hydrogens is 546 g/mol. The molecule has 0 heterocycles. The molecule has 0 rings (SSSR count). The van der Waals surface area contributed by atoms with Gasteiger partial charge in [0.15, 0.2) is 0 Å². The Labute approximate surface area is 261 Å². The first kappa shape index (κ1) is 40.8. The van der Waals surface area contributed by atoms with Crippen molar-refractivity contribution in [3.05, 3.63) is 0 Å². The molecule has 0 aromatic carbocycles. The lowest BCUT2D eigenvalue weighted by atomic mass is 10.1. The van der Waals surface area contributed by atoms with Gasteiger partial charge in [0.2, 0.25) is 23.6 Å². The average molecular weight is 612 g/mol. The molecule has 2 atom stereocenters. The summed E-state index contributed by atoms with van der Waals surface area (Å²) in [7, 11) is 0. The highest BCUT2D eigenvalue weighted by atomic mass is 16.2. The molecule has 0 aliphatic heterocycles. The van der Waals surface area contributed by atoms with Gasteiger partial charge in [0, 0.05) is 19.4 Å². The van der Waals surface area contributed by atoms with Gasteiger partial charge in [0.05, 0.1) is 0 Å². The van der Waals surface area contributed by atoms with Crippen molar-refractivity contribution in [1.29, 1.82) is 0 Å². The number of rotatable bonds is 31. The van der Waals surface area contributed by atoms with E-state index in [-0.39, 0.29) is 17.7 Å². The van der Waals surface area contributed by atoms with Crippen molar-refractivity contribution >= 4 is 23.6 Å². The highest BCUT2D eigenvalue weighted by Crippen LogP contribution is 2.11. The molecule has 0 bridgehead atoms. The number of unbranched alkanes of at least 4 members (excludes halogenated alkanes) is 14. The molecule has 0 aliphatic rings. The second-order valence-electron chi connectivity index (χ2n) is 11.7. The summed E-state index contributed by atoms with van der Waals surface area (Å²) in [6.45, 7) is 2.45. The maximum Gasteiger partial charge on any atom is 0.242 e. The van der Waals surface area contributed by atoms with E-state index >= 15 is 0 Å². The molecule has 0 saturated heterocycles. The van der Waals surface area contributed by atoms with Gasteiger partial charge < -0.3 is 38.9 Å². The summed E-state index contributed by atoms with van der Waals surface area (Å²) in [5.74, 6) is -0.861. The Balaban J connectivity index is 4.11. The quantitative estimate of drug-likeness (QED) is 0.0582. The molecule has 43 heavy (non-hydrogen) atoms. The standard InChI is InChI=1S/C32H65N7O4/c33-23-15-9-5-3-1-2-4-7-11-22-30(41)39-28(20-14-17-25-35)32(43)37-26-18-10-6-8-12-21-29(40)38-27(31(36)42)19-13-16-24-34/h27-28H,1-26,33-35H2,(H2,36,42)(H,37,43)(H,38,40)(H,39,41)/t27-,28-/m0/s1. The molecule has 0 unspecified atom stereocenters. The Morgan fingerprint density at radius 3 is 1.30 bits per heavy atom. The maximum atomic E-state index is 12.8. The van der Waals surface area contributed by atoms with E-state index in [1.165, 1.54) is 32.1 Å². The highest BCUT2D eigenvalue weighted by molar-refractivity contribution is 5.87. The van der Waals surface area contributed by atoms with E-state index in [1.54, 1.807) is 0 Å². The van der Waals surface area contributed by atoms with Crippen LogP contribution in [0.3, 0.4) is 0 Å². The molecule has 0 aliphatic carbocycles. The lowest BCUT2D eigenvalue weighted by Crippen LogP contribution is -2.47. The number of nitrogens with one attached hydrogen (secondary N) is 3. The van der Waals surface area contributed by atoms with Crippen LogP contribution in [0.5, 0.6) is 0 Å². The molecule has 11 N–H and O–H groups in total. The molecule has 4 amide bonds. The second kappa shape index (κ2) is 29.8. The van der Waals surface area contributed by atoms with Crippen LogP contribution < -0.4 is 38.9 Å². The SMILES string of the molecule is NCCCCCCCCCCCC(=O)N[C@@H](CCCCN)C(=O)NCCCCCCCC(=O)N[C@@H](CCCCN)C(N)=O. The first-order valence-corrected chi connectivity index (χ1v) is 17.1. The molecule has 0 radical (unpaired) electrons. The molecule has 252 valence electrons. The van der Waals surface area contributed by atoms with Crippen LogP contribution in [0.4, 0.5) is 0 Å². The Hall–Kier alpha value is -2.24. The second-order valence-corrected chi connectivity index (χ2v) is 11.7. The molecule has 0 fully saturated rings. The van der Waals surface area contributed by atoms with Crippen molar-refractivity contribution in [3.8, 4) is 0 Å². The van der Waals surface area contributed by atoms with E-state index in [1.807, 2.05) is 0 Å². The van der Waals surface area contributed by atoms with Gasteiger partial charge >= 0.3 is 0 Å². The number of hydrogen-bond donors (Lipinski definition) is 7. The molecule has 0 saturated carbocycles. The summed E-state index contributed by atoms with van der Waals surface area (Å²) in [4.78, 5) is 49.0. The Morgan fingerprint density at radius 2 is 0.837 bits per heavy atom. The zero-order chi connectivity index (χ0) is 32.0. The van der Waals surface area contributed by atoms with Gasteiger partial charge in [-0.3, -0.25) is 19.2 Å². The van der Waals surface area contributed by atoms with Crippen LogP contribution in [0.1, 0.15) is 141 Å². The zero-order valence-corrected chi connectivity index (χ0v) is 27.0. The van der Waals surface area contributed by atoms with Gasteiger partial charge in [0.25, 0.3) is 0 Å². The van der Waals surface area contributed by atoms with E-state index in [2.05, 4.69) is 16.0 Å². The molecular formula is C32H65N7O4. The van der Waals surface area contributed by atoms with Crippen LogP contribution in [0.2, 0.25) is 0 Å². The first-order chi connectivity index (χ1) is 20.8. The van der Waals surface area contributed by atoms with Crippen LogP contribution in [0.15, 0.2) is 0 Å². The van der Waals surface area contributed by atoms with Crippen molar-refractivity contribution in [2.24, 2.45) is 22.9 Å². The monoisotopic (exact) mass is 612 g/mol. The van der Waals surface area contributed by atoms with Gasteiger partial charge in [-0.2, -0.15) is 0 Å². The summed E-state index contributed by atoms with van der Waals surface area (Å²) in [5.41, 5.74) is 22.0. The smallest absolute Gasteiger partial charge is 0.242 e. The lowest BCUT2D eigenvalue weighted by Gasteiger charge is -2.18. The van der Waals surface area contributed by atoms with Crippen LogP contribution in [-0.2, 0) is 19.2 Å². The van der Waals surface area contributed by atoms with Crippen molar-refractivity contribution in [1.82, 2.24) is 16.0 Å². The zero-order valence-electron chi connectivity index (χ0n) is 27.0. The maximum absolute atomic E-state index is 12.8. The summed E-state index contributed by atoms with van der Waals surface area (Å²) in [5, 5.41) is 8.65. The third kappa shape index (κ3) is 25.9. The largest absolute Gasteiger partial charge is 0.368 e. The molecule has 0 aromatic heterocycles. The van der Waals surface area contributed by atoms with Crippen LogP contribution >= 0.6 is 0 Å². The number of amides is 4. The topological polar surface area (TPSA) is 208 Å². The van der Waals surface area contributed by atoms with E-state index in [0.29, 0.717) is 45.3 Å². The van der Waals surface area contributed by atoms with Gasteiger partial charge in [-0.25, -0.2) is 0 Å². The number of nitrogens with two attached hydrogens (primary N) is 4. The molecule has 0 spiro atoms. The van der Waals surface area contributed by atoms with Gasteiger partial charge in [-0.05, 0) is 83.8 Å². The number of carbonyl (C=O) groups excluding carboxylic acids is 4. The predicted molar refractivity (Wildman–Crippen MR) is 175 cm³/mol. The average Bonchev–Trinajstić information content (AvgIpc) is 2.98. The van der Waals surface area contributed by atoms with Crippen molar-refractivity contribution in [2.75, 3.05) is 26.2 Å². The summed E-state index contributed by atoms with van der Waals surface area (Å²) in [6.07, 6.45) is 19.7. The van der Waals surface area contributed by atoms with E-state index in [0.717, 1.165) is 90.0 Å². The first-order valence-electron chi connectivity index (χ1n) is 17.1. The van der Waals surface area contributed by atoms with Gasteiger partial charge in [-0.15, -0.1) is 0 Å². The van der Waals surface area contributed by atoms with E-state index in [4.69, 9.17) is 22.9 Å². The minimum absolute atomic E-state index is 0.0589. The fraction of sp³-hybridized carbons (Fsp3) is 0.875. The summed E-state index contributed by atoms with van der Waals surface area (Å²) < 4.78 is 0. The summed E-state index contributed by atoms with van der Waals surface area (Å²) >= 11 is 0. The molecule has 0 aromatic rings. The lowest BCUT2D eigenvalue weighted by molar-refractivity contribution is -0.129. The Bertz CT molecular complexity index is 724. The van der Waals surface area contributed by atoms with E-state index in [9.17, 15) is 19.2 Å². The normalized spacial score (nSPS) is 12.4. The van der Waals surface area contributed by atoms with Crippen molar-refractivity contribution < 1.29 is 19.2 Å².